The number of hydrogen-bond donors (Lipinski definition) is 1. The molecule has 0 aromatic carbocycles. The fraction of sp³-hybridized carbons (Fsp3) is 0.500. The molecule has 1 aliphatic heterocycles. The molecule has 0 unspecified atom stereocenters. The highest BCUT2D eigenvalue weighted by atomic mass is 32.2. The van der Waals surface area contributed by atoms with Crippen molar-refractivity contribution < 1.29 is 0 Å². The largest absolute Gasteiger partial charge is 0.320 e. The van der Waals surface area contributed by atoms with Gasteiger partial charge in [-0.15, -0.1) is 11.3 Å². The fourth-order valence-corrected chi connectivity index (χ4v) is 3.53. The lowest BCUT2D eigenvalue weighted by atomic mass is 10.2. The predicted octanol–water partition coefficient (Wildman–Crippen LogP) is 1.61. The number of nitrogens with two attached hydrogens (primary N) is 1. The van der Waals surface area contributed by atoms with Crippen molar-refractivity contribution in [1.82, 2.24) is 4.90 Å². The number of nitrogens with zero attached hydrogens (tertiary/aromatic N) is 1. The van der Waals surface area contributed by atoms with Crippen LogP contribution in [-0.2, 0) is 6.54 Å². The quantitative estimate of drug-likeness (QED) is 0.811. The molecular formula is C12H16N2S2. The van der Waals surface area contributed by atoms with Crippen molar-refractivity contribution in [2.75, 3.05) is 31.1 Å². The van der Waals surface area contributed by atoms with Gasteiger partial charge in [0.1, 0.15) is 0 Å². The minimum atomic E-state index is 0.440. The third kappa shape index (κ3) is 3.26. The van der Waals surface area contributed by atoms with E-state index in [9.17, 15) is 0 Å². The molecule has 2 rings (SSSR count). The molecule has 2 heterocycles. The lowest BCUT2D eigenvalue weighted by molar-refractivity contribution is 0.297. The van der Waals surface area contributed by atoms with Gasteiger partial charge in [0.2, 0.25) is 0 Å². The van der Waals surface area contributed by atoms with E-state index < -0.39 is 0 Å². The molecule has 0 atom stereocenters. The van der Waals surface area contributed by atoms with E-state index in [2.05, 4.69) is 28.2 Å². The standard InChI is InChI=1S/C12H16N2S2/c13-4-1-2-11-3-7-16-12(11)10-14-5-8-15-9-6-14/h3,7H,4-6,8-10,13H2. The number of hydrogen-bond acceptors (Lipinski definition) is 4. The maximum absolute atomic E-state index is 5.40. The molecular weight excluding hydrogens is 236 g/mol. The van der Waals surface area contributed by atoms with Crippen LogP contribution in [0.4, 0.5) is 0 Å². The van der Waals surface area contributed by atoms with E-state index in [-0.39, 0.29) is 0 Å². The van der Waals surface area contributed by atoms with Gasteiger partial charge in [-0.2, -0.15) is 11.8 Å². The van der Waals surface area contributed by atoms with E-state index >= 15 is 0 Å². The molecule has 0 radical (unpaired) electrons. The van der Waals surface area contributed by atoms with Gasteiger partial charge in [-0.25, -0.2) is 0 Å². The van der Waals surface area contributed by atoms with Crippen LogP contribution in [0.2, 0.25) is 0 Å². The van der Waals surface area contributed by atoms with Gasteiger partial charge < -0.3 is 5.73 Å². The Morgan fingerprint density at radius 3 is 2.94 bits per heavy atom. The molecule has 1 aromatic heterocycles. The van der Waals surface area contributed by atoms with Crippen LogP contribution in [0.25, 0.3) is 0 Å². The van der Waals surface area contributed by atoms with Crippen LogP contribution >= 0.6 is 23.1 Å². The van der Waals surface area contributed by atoms with E-state index in [1.54, 1.807) is 11.3 Å². The molecule has 1 saturated heterocycles. The first-order valence-corrected chi connectivity index (χ1v) is 7.49. The van der Waals surface area contributed by atoms with Crippen molar-refractivity contribution in [3.05, 3.63) is 21.9 Å². The van der Waals surface area contributed by atoms with Crippen molar-refractivity contribution in [2.24, 2.45) is 5.73 Å². The Labute approximate surface area is 105 Å². The van der Waals surface area contributed by atoms with Crippen molar-refractivity contribution in [2.45, 2.75) is 6.54 Å². The molecule has 86 valence electrons. The molecule has 1 aromatic rings. The second-order valence-electron chi connectivity index (χ2n) is 3.65. The summed E-state index contributed by atoms with van der Waals surface area (Å²) in [6.07, 6.45) is 0. The Morgan fingerprint density at radius 1 is 1.38 bits per heavy atom. The van der Waals surface area contributed by atoms with E-state index in [0.717, 1.165) is 12.1 Å². The minimum absolute atomic E-state index is 0.440. The SMILES string of the molecule is NCC#Cc1ccsc1CN1CCSCC1. The second-order valence-corrected chi connectivity index (χ2v) is 5.88. The Hall–Kier alpha value is -0.470. The lowest BCUT2D eigenvalue weighted by Crippen LogP contribution is -2.31. The van der Waals surface area contributed by atoms with E-state index in [0.29, 0.717) is 6.54 Å². The first-order valence-electron chi connectivity index (χ1n) is 5.45. The summed E-state index contributed by atoms with van der Waals surface area (Å²) in [6.45, 7) is 3.89. The van der Waals surface area contributed by atoms with Crippen molar-refractivity contribution >= 4 is 23.1 Å². The summed E-state index contributed by atoms with van der Waals surface area (Å²) in [5.74, 6) is 8.59. The summed E-state index contributed by atoms with van der Waals surface area (Å²) in [7, 11) is 0. The third-order valence-electron chi connectivity index (χ3n) is 2.54. The molecule has 1 fully saturated rings. The zero-order valence-corrected chi connectivity index (χ0v) is 10.9. The summed E-state index contributed by atoms with van der Waals surface area (Å²) >= 11 is 3.85. The number of thiophene rings is 1. The van der Waals surface area contributed by atoms with Crippen LogP contribution in [0.15, 0.2) is 11.4 Å². The third-order valence-corrected chi connectivity index (χ3v) is 4.39. The van der Waals surface area contributed by atoms with E-state index in [1.165, 1.54) is 29.5 Å². The van der Waals surface area contributed by atoms with Gasteiger partial charge in [-0.05, 0) is 11.4 Å². The van der Waals surface area contributed by atoms with Gasteiger partial charge in [0, 0.05) is 41.6 Å². The monoisotopic (exact) mass is 252 g/mol. The summed E-state index contributed by atoms with van der Waals surface area (Å²) in [6, 6.07) is 2.10. The second kappa shape index (κ2) is 6.31. The highest BCUT2D eigenvalue weighted by molar-refractivity contribution is 7.99. The Morgan fingerprint density at radius 2 is 2.19 bits per heavy atom. The van der Waals surface area contributed by atoms with Crippen molar-refractivity contribution in [3.63, 3.8) is 0 Å². The topological polar surface area (TPSA) is 29.3 Å². The van der Waals surface area contributed by atoms with Crippen molar-refractivity contribution in [1.29, 1.82) is 0 Å². The van der Waals surface area contributed by atoms with Crippen LogP contribution in [-0.4, -0.2) is 36.0 Å². The van der Waals surface area contributed by atoms with Gasteiger partial charge in [-0.1, -0.05) is 11.8 Å². The summed E-state index contributed by atoms with van der Waals surface area (Å²) < 4.78 is 0. The molecule has 0 saturated carbocycles. The molecule has 0 spiro atoms. The Kier molecular flexibility index (Phi) is 4.73. The summed E-state index contributed by atoms with van der Waals surface area (Å²) in [5.41, 5.74) is 6.56. The molecule has 0 amide bonds. The molecule has 16 heavy (non-hydrogen) atoms. The first-order chi connectivity index (χ1) is 7.90. The minimum Gasteiger partial charge on any atom is -0.320 e. The normalized spacial score (nSPS) is 16.8. The van der Waals surface area contributed by atoms with Crippen LogP contribution in [0, 0.1) is 11.8 Å². The smallest absolute Gasteiger partial charge is 0.0555 e. The first kappa shape index (κ1) is 12.0. The van der Waals surface area contributed by atoms with Crippen LogP contribution in [0.5, 0.6) is 0 Å². The maximum atomic E-state index is 5.40. The maximum Gasteiger partial charge on any atom is 0.0555 e. The molecule has 2 N–H and O–H groups in total. The Bertz CT molecular complexity index is 383. The van der Waals surface area contributed by atoms with Gasteiger partial charge in [0.15, 0.2) is 0 Å². The zero-order chi connectivity index (χ0) is 11.2. The summed E-state index contributed by atoms with van der Waals surface area (Å²) in [5, 5.41) is 2.12. The highest BCUT2D eigenvalue weighted by Crippen LogP contribution is 2.20. The lowest BCUT2D eigenvalue weighted by Gasteiger charge is -2.25. The molecule has 0 aliphatic carbocycles. The number of rotatable bonds is 2. The van der Waals surface area contributed by atoms with Crippen molar-refractivity contribution in [3.8, 4) is 11.8 Å². The van der Waals surface area contributed by atoms with Gasteiger partial charge in [0.25, 0.3) is 0 Å². The molecule has 1 aliphatic rings. The highest BCUT2D eigenvalue weighted by Gasteiger charge is 2.12. The average Bonchev–Trinajstić information content (AvgIpc) is 2.75. The van der Waals surface area contributed by atoms with Crippen LogP contribution < -0.4 is 5.73 Å². The molecule has 4 heteroatoms. The molecule has 0 bridgehead atoms. The van der Waals surface area contributed by atoms with E-state index in [4.69, 9.17) is 5.73 Å². The number of thioether (sulfide) groups is 1. The van der Waals surface area contributed by atoms with Crippen LogP contribution in [0.1, 0.15) is 10.4 Å². The van der Waals surface area contributed by atoms with Gasteiger partial charge in [-0.3, -0.25) is 4.90 Å². The Balaban J connectivity index is 2.00. The fourth-order valence-electron chi connectivity index (χ4n) is 1.68. The summed E-state index contributed by atoms with van der Waals surface area (Å²) in [4.78, 5) is 3.89. The van der Waals surface area contributed by atoms with Crippen LogP contribution in [0.3, 0.4) is 0 Å². The molecule has 2 nitrogen and oxygen atoms in total. The predicted molar refractivity (Wildman–Crippen MR) is 72.9 cm³/mol. The zero-order valence-electron chi connectivity index (χ0n) is 9.24. The average molecular weight is 252 g/mol. The van der Waals surface area contributed by atoms with E-state index in [1.807, 2.05) is 11.8 Å². The van der Waals surface area contributed by atoms with Gasteiger partial charge in [0.05, 0.1) is 6.54 Å². The van der Waals surface area contributed by atoms with Gasteiger partial charge >= 0.3 is 0 Å².